The van der Waals surface area contributed by atoms with Crippen LogP contribution in [0, 0.1) is 11.6 Å². The van der Waals surface area contributed by atoms with Crippen LogP contribution in [0.25, 0.3) is 0 Å². The summed E-state index contributed by atoms with van der Waals surface area (Å²) in [7, 11) is 0. The number of halogens is 2. The van der Waals surface area contributed by atoms with Gasteiger partial charge in [0.1, 0.15) is 17.3 Å². The topological polar surface area (TPSA) is 32.3 Å². The van der Waals surface area contributed by atoms with Crippen LogP contribution < -0.4 is 10.2 Å². The molecule has 0 bridgehead atoms. The van der Waals surface area contributed by atoms with Gasteiger partial charge in [0, 0.05) is 5.57 Å². The summed E-state index contributed by atoms with van der Waals surface area (Å²) in [6, 6.07) is 12.4. The van der Waals surface area contributed by atoms with Crippen molar-refractivity contribution in [2.24, 2.45) is 0 Å². The van der Waals surface area contributed by atoms with E-state index in [9.17, 15) is 13.6 Å². The second-order valence-corrected chi connectivity index (χ2v) is 6.03. The number of benzene rings is 2. The minimum Gasteiger partial charge on any atom is -0.348 e. The Kier molecular flexibility index (Phi) is 3.84. The molecule has 2 aliphatic rings. The smallest absolute Gasteiger partial charge is 0.279 e. The van der Waals surface area contributed by atoms with Crippen molar-refractivity contribution in [3.8, 4) is 0 Å². The van der Waals surface area contributed by atoms with Crippen LogP contribution in [0.1, 0.15) is 19.3 Å². The van der Waals surface area contributed by atoms with E-state index in [0.717, 1.165) is 18.4 Å². The average Bonchev–Trinajstić information content (AvgIpc) is 2.90. The third-order valence-electron chi connectivity index (χ3n) is 4.46. The number of carbonyl (C=O) groups is 1. The molecule has 1 aliphatic heterocycles. The molecule has 4 rings (SSSR count). The molecular weight excluding hydrogens is 322 g/mol. The second-order valence-electron chi connectivity index (χ2n) is 6.03. The summed E-state index contributed by atoms with van der Waals surface area (Å²) in [6.45, 7) is 0. The van der Waals surface area contributed by atoms with Gasteiger partial charge in [-0.1, -0.05) is 30.3 Å². The zero-order chi connectivity index (χ0) is 17.4. The SMILES string of the molecule is O=C1C(Nc2ccccc2F)=C2CCCC=C2N1c1ccccc1F. The van der Waals surface area contributed by atoms with E-state index in [1.807, 2.05) is 6.08 Å². The number of anilines is 2. The molecule has 2 aromatic rings. The first-order valence-corrected chi connectivity index (χ1v) is 8.21. The highest BCUT2D eigenvalue weighted by Gasteiger charge is 2.38. The summed E-state index contributed by atoms with van der Waals surface area (Å²) in [5.41, 5.74) is 2.27. The fraction of sp³-hybridized carbons (Fsp3) is 0.150. The minimum atomic E-state index is -0.464. The average molecular weight is 338 g/mol. The number of hydrogen-bond donors (Lipinski definition) is 1. The van der Waals surface area contributed by atoms with Gasteiger partial charge in [-0.15, -0.1) is 0 Å². The van der Waals surface area contributed by atoms with Gasteiger partial charge < -0.3 is 5.32 Å². The second kappa shape index (κ2) is 6.16. The molecule has 0 fully saturated rings. The summed E-state index contributed by atoms with van der Waals surface area (Å²) in [6.07, 6.45) is 4.36. The maximum atomic E-state index is 14.3. The number of allylic oxidation sites excluding steroid dienone is 2. The molecule has 0 saturated heterocycles. The first-order chi connectivity index (χ1) is 12.2. The van der Waals surface area contributed by atoms with Gasteiger partial charge in [0.05, 0.1) is 17.1 Å². The molecule has 1 aliphatic carbocycles. The molecule has 1 N–H and O–H groups in total. The highest BCUT2D eigenvalue weighted by atomic mass is 19.1. The number of fused-ring (bicyclic) bond motifs is 1. The van der Waals surface area contributed by atoms with Gasteiger partial charge in [0.25, 0.3) is 5.91 Å². The van der Waals surface area contributed by atoms with Crippen molar-refractivity contribution in [1.29, 1.82) is 0 Å². The minimum absolute atomic E-state index is 0.212. The third kappa shape index (κ3) is 2.61. The van der Waals surface area contributed by atoms with E-state index in [-0.39, 0.29) is 17.3 Å². The summed E-state index contributed by atoms with van der Waals surface area (Å²) >= 11 is 0. The first-order valence-electron chi connectivity index (χ1n) is 8.21. The van der Waals surface area contributed by atoms with Gasteiger partial charge >= 0.3 is 0 Å². The monoisotopic (exact) mass is 338 g/mol. The molecule has 1 heterocycles. The van der Waals surface area contributed by atoms with E-state index in [1.54, 1.807) is 36.4 Å². The third-order valence-corrected chi connectivity index (χ3v) is 4.46. The maximum Gasteiger partial charge on any atom is 0.279 e. The zero-order valence-corrected chi connectivity index (χ0v) is 13.4. The van der Waals surface area contributed by atoms with Crippen LogP contribution in [0.15, 0.2) is 71.6 Å². The van der Waals surface area contributed by atoms with Crippen LogP contribution in [0.2, 0.25) is 0 Å². The maximum absolute atomic E-state index is 14.3. The highest BCUT2D eigenvalue weighted by molar-refractivity contribution is 6.15. The number of carbonyl (C=O) groups excluding carboxylic acids is 1. The van der Waals surface area contributed by atoms with Crippen molar-refractivity contribution < 1.29 is 13.6 Å². The predicted molar refractivity (Wildman–Crippen MR) is 92.9 cm³/mol. The van der Waals surface area contributed by atoms with E-state index in [2.05, 4.69) is 5.32 Å². The molecule has 0 saturated carbocycles. The van der Waals surface area contributed by atoms with E-state index >= 15 is 0 Å². The molecule has 0 aromatic heterocycles. The summed E-state index contributed by atoms with van der Waals surface area (Å²) in [5, 5.41) is 2.93. The van der Waals surface area contributed by atoms with Gasteiger partial charge in [-0.25, -0.2) is 8.78 Å². The van der Waals surface area contributed by atoms with Crippen molar-refractivity contribution in [2.75, 3.05) is 10.2 Å². The normalized spacial score (nSPS) is 16.8. The summed E-state index contributed by atoms with van der Waals surface area (Å²) in [5.74, 6) is -1.26. The van der Waals surface area contributed by atoms with E-state index in [1.165, 1.54) is 17.0 Å². The quantitative estimate of drug-likeness (QED) is 0.876. The van der Waals surface area contributed by atoms with Crippen molar-refractivity contribution in [1.82, 2.24) is 0 Å². The fourth-order valence-corrected chi connectivity index (χ4v) is 3.30. The van der Waals surface area contributed by atoms with E-state index < -0.39 is 11.6 Å². The zero-order valence-electron chi connectivity index (χ0n) is 13.4. The Balaban J connectivity index is 1.78. The summed E-state index contributed by atoms with van der Waals surface area (Å²) in [4.78, 5) is 14.4. The number of nitrogens with one attached hydrogen (secondary N) is 1. The molecule has 25 heavy (non-hydrogen) atoms. The lowest BCUT2D eigenvalue weighted by Gasteiger charge is -2.22. The number of nitrogens with zero attached hydrogens (tertiary/aromatic N) is 1. The molecule has 0 atom stereocenters. The Morgan fingerprint density at radius 1 is 0.960 bits per heavy atom. The van der Waals surface area contributed by atoms with Crippen molar-refractivity contribution in [2.45, 2.75) is 19.3 Å². The Labute approximate surface area is 144 Å². The molecule has 0 spiro atoms. The predicted octanol–water partition coefficient (Wildman–Crippen LogP) is 4.75. The molecular formula is C20H16F2N2O. The van der Waals surface area contributed by atoms with Crippen LogP contribution in [-0.4, -0.2) is 5.91 Å². The van der Waals surface area contributed by atoms with E-state index in [4.69, 9.17) is 0 Å². The van der Waals surface area contributed by atoms with E-state index in [0.29, 0.717) is 17.8 Å². The van der Waals surface area contributed by atoms with Crippen molar-refractivity contribution in [3.63, 3.8) is 0 Å². The number of para-hydroxylation sites is 2. The van der Waals surface area contributed by atoms with Crippen LogP contribution in [0.5, 0.6) is 0 Å². The van der Waals surface area contributed by atoms with Crippen LogP contribution in [0.3, 0.4) is 0 Å². The fourth-order valence-electron chi connectivity index (χ4n) is 3.30. The number of hydrogen-bond acceptors (Lipinski definition) is 2. The molecule has 1 amide bonds. The lowest BCUT2D eigenvalue weighted by atomic mass is 9.98. The molecule has 126 valence electrons. The Bertz CT molecular complexity index is 917. The lowest BCUT2D eigenvalue weighted by Crippen LogP contribution is -2.28. The van der Waals surface area contributed by atoms with Gasteiger partial charge in [-0.05, 0) is 43.5 Å². The van der Waals surface area contributed by atoms with Crippen LogP contribution >= 0.6 is 0 Å². The standard InChI is InChI=1S/C20H16F2N2O/c21-14-8-2-4-10-16(14)23-19-13-7-1-5-11-17(13)24(20(19)25)18-12-6-3-9-15(18)22/h2-4,6,8-12,23H,1,5,7H2. The Morgan fingerprint density at radius 3 is 2.44 bits per heavy atom. The molecule has 2 aromatic carbocycles. The van der Waals surface area contributed by atoms with Gasteiger partial charge in [0.15, 0.2) is 0 Å². The van der Waals surface area contributed by atoms with Crippen molar-refractivity contribution in [3.05, 3.63) is 83.2 Å². The molecule has 0 unspecified atom stereocenters. The molecule has 3 nitrogen and oxygen atoms in total. The van der Waals surface area contributed by atoms with Gasteiger partial charge in [-0.3, -0.25) is 9.69 Å². The van der Waals surface area contributed by atoms with Crippen LogP contribution in [-0.2, 0) is 4.79 Å². The first kappa shape index (κ1) is 15.6. The highest BCUT2D eigenvalue weighted by Crippen LogP contribution is 2.40. The Hall–Kier alpha value is -2.95. The largest absolute Gasteiger partial charge is 0.348 e. The van der Waals surface area contributed by atoms with Gasteiger partial charge in [-0.2, -0.15) is 0 Å². The Morgan fingerprint density at radius 2 is 1.68 bits per heavy atom. The molecule has 0 radical (unpaired) electrons. The van der Waals surface area contributed by atoms with Gasteiger partial charge in [0.2, 0.25) is 0 Å². The summed E-state index contributed by atoms with van der Waals surface area (Å²) < 4.78 is 28.3. The van der Waals surface area contributed by atoms with Crippen molar-refractivity contribution >= 4 is 17.3 Å². The number of rotatable bonds is 3. The molecule has 5 heteroatoms. The lowest BCUT2D eigenvalue weighted by molar-refractivity contribution is -0.114. The number of amides is 1. The van der Waals surface area contributed by atoms with Crippen LogP contribution in [0.4, 0.5) is 20.2 Å².